The van der Waals surface area contributed by atoms with Gasteiger partial charge in [0.15, 0.2) is 5.11 Å². The Kier molecular flexibility index (Phi) is 6.77. The molecular formula is C28H28N6OS. The van der Waals surface area contributed by atoms with Gasteiger partial charge in [-0.15, -0.1) is 0 Å². The quantitative estimate of drug-likeness (QED) is 0.355. The van der Waals surface area contributed by atoms with Crippen molar-refractivity contribution < 1.29 is 4.79 Å². The summed E-state index contributed by atoms with van der Waals surface area (Å²) in [4.78, 5) is 24.1. The number of hydrogen-bond acceptors (Lipinski definition) is 4. The minimum absolute atomic E-state index is 0.0581. The average molecular weight is 497 g/mol. The zero-order chi connectivity index (χ0) is 25.1. The van der Waals surface area contributed by atoms with E-state index in [1.54, 1.807) is 6.20 Å². The van der Waals surface area contributed by atoms with E-state index in [1.165, 1.54) is 0 Å². The van der Waals surface area contributed by atoms with Crippen LogP contribution in [-0.4, -0.2) is 37.0 Å². The van der Waals surface area contributed by atoms with E-state index in [0.717, 1.165) is 34.0 Å². The molecular weight excluding hydrogens is 468 g/mol. The highest BCUT2D eigenvalue weighted by atomic mass is 32.1. The van der Waals surface area contributed by atoms with Crippen molar-refractivity contribution in [2.45, 2.75) is 32.4 Å². The predicted octanol–water partition coefficient (Wildman–Crippen LogP) is 4.89. The molecule has 1 saturated heterocycles. The summed E-state index contributed by atoms with van der Waals surface area (Å²) in [5.41, 5.74) is 4.95. The molecule has 0 radical (unpaired) electrons. The molecule has 2 atom stereocenters. The highest BCUT2D eigenvalue weighted by molar-refractivity contribution is 7.80. The smallest absolute Gasteiger partial charge is 0.226 e. The number of aryl methyl sites for hydroxylation is 2. The fraction of sp³-hybridized carbons (Fsp3) is 0.214. The average Bonchev–Trinajstić information content (AvgIpc) is 3.49. The molecule has 7 nitrogen and oxygen atoms in total. The van der Waals surface area contributed by atoms with Crippen molar-refractivity contribution >= 4 is 28.9 Å². The van der Waals surface area contributed by atoms with Gasteiger partial charge in [0, 0.05) is 42.9 Å². The van der Waals surface area contributed by atoms with Gasteiger partial charge in [0.05, 0.1) is 17.8 Å². The molecule has 0 spiro atoms. The first-order valence-corrected chi connectivity index (χ1v) is 12.4. The highest BCUT2D eigenvalue weighted by Gasteiger charge is 2.41. The Morgan fingerprint density at radius 3 is 2.53 bits per heavy atom. The Morgan fingerprint density at radius 2 is 1.81 bits per heavy atom. The lowest BCUT2D eigenvalue weighted by molar-refractivity contribution is -0.116. The second kappa shape index (κ2) is 10.3. The summed E-state index contributed by atoms with van der Waals surface area (Å²) >= 11 is 5.77. The van der Waals surface area contributed by atoms with Crippen molar-refractivity contribution in [3.05, 3.63) is 108 Å². The maximum Gasteiger partial charge on any atom is 0.226 e. The molecule has 1 aromatic carbocycles. The van der Waals surface area contributed by atoms with Gasteiger partial charge in [-0.2, -0.15) is 0 Å². The van der Waals surface area contributed by atoms with Crippen LogP contribution in [-0.2, 0) is 4.79 Å². The van der Waals surface area contributed by atoms with Crippen molar-refractivity contribution in [2.24, 2.45) is 0 Å². The van der Waals surface area contributed by atoms with E-state index in [4.69, 9.17) is 12.2 Å². The summed E-state index contributed by atoms with van der Waals surface area (Å²) in [6, 6.07) is 21.5. The van der Waals surface area contributed by atoms with Crippen molar-refractivity contribution in [3.8, 4) is 5.82 Å². The van der Waals surface area contributed by atoms with E-state index in [9.17, 15) is 4.79 Å². The van der Waals surface area contributed by atoms with E-state index in [-0.39, 0.29) is 18.0 Å². The third-order valence-electron chi connectivity index (χ3n) is 6.34. The van der Waals surface area contributed by atoms with Gasteiger partial charge in [-0.3, -0.25) is 9.78 Å². The van der Waals surface area contributed by atoms with Gasteiger partial charge >= 0.3 is 0 Å². The van der Waals surface area contributed by atoms with Gasteiger partial charge in [0.1, 0.15) is 5.82 Å². The maximum absolute atomic E-state index is 12.8. The van der Waals surface area contributed by atoms with Crippen LogP contribution < -0.4 is 10.6 Å². The number of nitrogens with zero attached hydrogens (tertiary/aromatic N) is 4. The lowest BCUT2D eigenvalue weighted by Gasteiger charge is -2.28. The van der Waals surface area contributed by atoms with Crippen LogP contribution >= 0.6 is 12.2 Å². The Balaban J connectivity index is 1.43. The molecule has 1 aliphatic rings. The van der Waals surface area contributed by atoms with E-state index in [1.807, 2.05) is 86.9 Å². The van der Waals surface area contributed by atoms with Gasteiger partial charge in [-0.1, -0.05) is 29.8 Å². The second-order valence-electron chi connectivity index (χ2n) is 8.98. The number of pyridine rings is 2. The molecule has 1 aliphatic heterocycles. The number of benzene rings is 1. The van der Waals surface area contributed by atoms with Gasteiger partial charge in [0.25, 0.3) is 0 Å². The zero-order valence-corrected chi connectivity index (χ0v) is 21.1. The largest absolute Gasteiger partial charge is 0.352 e. The van der Waals surface area contributed by atoms with Crippen LogP contribution in [0.15, 0.2) is 85.3 Å². The first-order valence-electron chi connectivity index (χ1n) is 11.9. The first-order chi connectivity index (χ1) is 17.5. The Bertz CT molecular complexity index is 1350. The number of carbonyl (C=O) groups excluding carboxylic acids is 1. The molecule has 1 fully saturated rings. The predicted molar refractivity (Wildman–Crippen MR) is 145 cm³/mol. The molecule has 0 bridgehead atoms. The summed E-state index contributed by atoms with van der Waals surface area (Å²) in [7, 11) is 0. The molecule has 5 rings (SSSR count). The molecule has 0 unspecified atom stereocenters. The minimum Gasteiger partial charge on any atom is -0.352 e. The number of anilines is 1. The van der Waals surface area contributed by atoms with Gasteiger partial charge < -0.3 is 20.1 Å². The SMILES string of the molecule is Cc1ccc(NC(=O)CCN2C(=S)N[C@H](c3ccccn3)[C@@H]2c2cccn2-c2ccc(C)cn2)cc1. The summed E-state index contributed by atoms with van der Waals surface area (Å²) < 4.78 is 2.08. The van der Waals surface area contributed by atoms with Crippen LogP contribution in [0, 0.1) is 13.8 Å². The Labute approximate surface area is 216 Å². The molecule has 0 saturated carbocycles. The molecule has 0 aliphatic carbocycles. The van der Waals surface area contributed by atoms with Crippen LogP contribution in [0.4, 0.5) is 5.69 Å². The topological polar surface area (TPSA) is 75.1 Å². The van der Waals surface area contributed by atoms with Crippen LogP contribution in [0.2, 0.25) is 0 Å². The van der Waals surface area contributed by atoms with E-state index in [0.29, 0.717) is 18.1 Å². The van der Waals surface area contributed by atoms with Gasteiger partial charge in [0.2, 0.25) is 5.91 Å². The van der Waals surface area contributed by atoms with Crippen molar-refractivity contribution in [3.63, 3.8) is 0 Å². The Morgan fingerprint density at radius 1 is 1.00 bits per heavy atom. The number of thiocarbonyl (C=S) groups is 1. The number of carbonyl (C=O) groups is 1. The maximum atomic E-state index is 12.8. The molecule has 1 amide bonds. The summed E-state index contributed by atoms with van der Waals surface area (Å²) in [5, 5.41) is 7.04. The Hall–Kier alpha value is -4.04. The van der Waals surface area contributed by atoms with Crippen molar-refractivity contribution in [1.82, 2.24) is 24.8 Å². The van der Waals surface area contributed by atoms with Gasteiger partial charge in [-0.05, 0) is 74.1 Å². The summed E-state index contributed by atoms with van der Waals surface area (Å²) in [5.74, 6) is 0.771. The standard InChI is InChI=1S/C28H28N6OS/c1-19-8-11-21(12-9-19)31-25(35)14-17-34-27(26(32-28(34)36)22-6-3-4-15-29-22)23-7-5-16-33(23)24-13-10-20(2)18-30-24/h3-13,15-16,18,26-27H,14,17H2,1-2H3,(H,31,35)(H,32,36)/t26-,27+/m1/s1. The molecule has 2 N–H and O–H groups in total. The third kappa shape index (κ3) is 4.99. The summed E-state index contributed by atoms with van der Waals surface area (Å²) in [6.45, 7) is 4.50. The van der Waals surface area contributed by atoms with Crippen molar-refractivity contribution in [2.75, 3.05) is 11.9 Å². The highest BCUT2D eigenvalue weighted by Crippen LogP contribution is 2.39. The van der Waals surface area contributed by atoms with E-state index >= 15 is 0 Å². The lowest BCUT2D eigenvalue weighted by Crippen LogP contribution is -2.33. The van der Waals surface area contributed by atoms with Gasteiger partial charge in [-0.25, -0.2) is 4.98 Å². The number of hydrogen-bond donors (Lipinski definition) is 2. The number of aromatic nitrogens is 3. The minimum atomic E-state index is -0.169. The number of amides is 1. The van der Waals surface area contributed by atoms with E-state index in [2.05, 4.69) is 36.1 Å². The number of rotatable bonds is 7. The van der Waals surface area contributed by atoms with Crippen LogP contribution in [0.5, 0.6) is 0 Å². The first kappa shape index (κ1) is 23.7. The number of nitrogens with one attached hydrogen (secondary N) is 2. The zero-order valence-electron chi connectivity index (χ0n) is 20.3. The lowest BCUT2D eigenvalue weighted by atomic mass is 10.0. The van der Waals surface area contributed by atoms with Crippen LogP contribution in [0.1, 0.15) is 41.0 Å². The van der Waals surface area contributed by atoms with Crippen LogP contribution in [0.3, 0.4) is 0 Å². The van der Waals surface area contributed by atoms with Crippen molar-refractivity contribution in [1.29, 1.82) is 0 Å². The molecule has 3 aromatic heterocycles. The molecule has 8 heteroatoms. The second-order valence-corrected chi connectivity index (χ2v) is 9.37. The fourth-order valence-electron chi connectivity index (χ4n) is 4.50. The van der Waals surface area contributed by atoms with E-state index < -0.39 is 0 Å². The third-order valence-corrected chi connectivity index (χ3v) is 6.69. The summed E-state index contributed by atoms with van der Waals surface area (Å²) in [6.07, 6.45) is 5.95. The van der Waals surface area contributed by atoms with Crippen LogP contribution in [0.25, 0.3) is 5.82 Å². The molecule has 4 aromatic rings. The molecule has 36 heavy (non-hydrogen) atoms. The molecule has 4 heterocycles. The molecule has 182 valence electrons. The monoisotopic (exact) mass is 496 g/mol. The normalized spacial score (nSPS) is 17.2. The fourth-order valence-corrected chi connectivity index (χ4v) is 4.83.